The molecule has 3 aliphatic carbocycles. The van der Waals surface area contributed by atoms with Crippen LogP contribution >= 0.6 is 0 Å². The summed E-state index contributed by atoms with van der Waals surface area (Å²) in [5, 5.41) is 34.9. The van der Waals surface area contributed by atoms with E-state index in [4.69, 9.17) is 9.47 Å². The Morgan fingerprint density at radius 2 is 1.80 bits per heavy atom. The zero-order chi connectivity index (χ0) is 29.2. The smallest absolute Gasteiger partial charge is 0.309 e. The van der Waals surface area contributed by atoms with Gasteiger partial charge in [0.15, 0.2) is 0 Å². The molecular formula is C30H41N3O7. The molecule has 2 amide bonds. The van der Waals surface area contributed by atoms with Crippen molar-refractivity contribution in [1.29, 1.82) is 5.26 Å². The maximum absolute atomic E-state index is 13.6. The highest BCUT2D eigenvalue weighted by atomic mass is 16.5. The molecule has 4 rings (SSSR count). The van der Waals surface area contributed by atoms with Crippen LogP contribution in [0.3, 0.4) is 0 Å². The third-order valence-electron chi connectivity index (χ3n) is 9.20. The molecule has 0 saturated heterocycles. The van der Waals surface area contributed by atoms with Crippen molar-refractivity contribution in [3.8, 4) is 17.6 Å². The Bertz CT molecular complexity index is 1180. The number of nitrogens with one attached hydrogen (secondary N) is 2. The van der Waals surface area contributed by atoms with Crippen molar-refractivity contribution in [3.05, 3.63) is 23.3 Å². The summed E-state index contributed by atoms with van der Waals surface area (Å²) in [5.41, 5.74) is -0.794. The second-order valence-electron chi connectivity index (χ2n) is 12.7. The Labute approximate surface area is 235 Å². The molecule has 0 heterocycles. The van der Waals surface area contributed by atoms with E-state index >= 15 is 0 Å². The van der Waals surface area contributed by atoms with Gasteiger partial charge in [-0.05, 0) is 69.8 Å². The highest BCUT2D eigenvalue weighted by molar-refractivity contribution is 5.98. The first-order chi connectivity index (χ1) is 18.9. The normalized spacial score (nSPS) is 29.4. The van der Waals surface area contributed by atoms with Crippen LogP contribution in [-0.2, 0) is 9.59 Å². The minimum absolute atomic E-state index is 0.0488. The summed E-state index contributed by atoms with van der Waals surface area (Å²) in [6, 6.07) is 4.77. The summed E-state index contributed by atoms with van der Waals surface area (Å²) in [5.74, 6) is -0.818. The second kappa shape index (κ2) is 11.7. The van der Waals surface area contributed by atoms with Crippen molar-refractivity contribution in [2.45, 2.75) is 77.9 Å². The molecule has 4 atom stereocenters. The third-order valence-corrected chi connectivity index (χ3v) is 9.20. The molecule has 10 heteroatoms. The number of fused-ring (bicyclic) bond motifs is 2. The molecule has 0 spiro atoms. The molecule has 3 saturated carbocycles. The number of aliphatic hydroxyl groups excluding tert-OH is 1. The molecule has 4 N–H and O–H groups in total. The number of ether oxygens (including phenoxy) is 2. The van der Waals surface area contributed by atoms with Crippen LogP contribution in [0.5, 0.6) is 11.5 Å². The third kappa shape index (κ3) is 6.04. The first-order valence-corrected chi connectivity index (χ1v) is 14.1. The fraction of sp³-hybridized carbons (Fsp3) is 0.667. The van der Waals surface area contributed by atoms with Crippen LogP contribution in [0.15, 0.2) is 12.1 Å². The number of amides is 2. The lowest BCUT2D eigenvalue weighted by molar-refractivity contribution is -0.150. The van der Waals surface area contributed by atoms with Crippen molar-refractivity contribution in [2.75, 3.05) is 20.3 Å². The van der Waals surface area contributed by atoms with Crippen LogP contribution in [0.1, 0.15) is 81.6 Å². The van der Waals surface area contributed by atoms with Crippen molar-refractivity contribution < 1.29 is 34.1 Å². The summed E-state index contributed by atoms with van der Waals surface area (Å²) >= 11 is 0. The molecule has 0 unspecified atom stereocenters. The zero-order valence-corrected chi connectivity index (χ0v) is 23.8. The van der Waals surface area contributed by atoms with E-state index in [-0.39, 0.29) is 65.0 Å². The van der Waals surface area contributed by atoms with Crippen molar-refractivity contribution in [2.24, 2.45) is 28.6 Å². The molecule has 1 aromatic carbocycles. The van der Waals surface area contributed by atoms with Gasteiger partial charge >= 0.3 is 5.97 Å². The molecule has 0 aromatic heterocycles. The molecule has 2 bridgehead atoms. The lowest BCUT2D eigenvalue weighted by Crippen LogP contribution is -2.51. The number of nitriles is 1. The summed E-state index contributed by atoms with van der Waals surface area (Å²) < 4.78 is 11.6. The van der Waals surface area contributed by atoms with Gasteiger partial charge < -0.3 is 30.3 Å². The van der Waals surface area contributed by atoms with Crippen LogP contribution in [0.4, 0.5) is 0 Å². The van der Waals surface area contributed by atoms with E-state index in [9.17, 15) is 29.9 Å². The second-order valence-corrected chi connectivity index (χ2v) is 12.7. The minimum Gasteiger partial charge on any atom is -0.496 e. The number of carbonyl (C=O) groups is 3. The Kier molecular flexibility index (Phi) is 8.64. The van der Waals surface area contributed by atoms with Gasteiger partial charge in [-0.1, -0.05) is 13.8 Å². The number of aliphatic hydroxyl groups is 1. The van der Waals surface area contributed by atoms with Crippen molar-refractivity contribution in [3.63, 3.8) is 0 Å². The Morgan fingerprint density at radius 1 is 1.12 bits per heavy atom. The summed E-state index contributed by atoms with van der Waals surface area (Å²) in [4.78, 5) is 38.5. The first kappa shape index (κ1) is 29.7. The van der Waals surface area contributed by atoms with Gasteiger partial charge in [0.05, 0.1) is 35.7 Å². The minimum atomic E-state index is -0.822. The highest BCUT2D eigenvalue weighted by Crippen LogP contribution is 2.49. The predicted molar refractivity (Wildman–Crippen MR) is 146 cm³/mol. The zero-order valence-electron chi connectivity index (χ0n) is 23.8. The van der Waals surface area contributed by atoms with Gasteiger partial charge in [0.1, 0.15) is 17.6 Å². The van der Waals surface area contributed by atoms with Crippen LogP contribution < -0.4 is 20.1 Å². The van der Waals surface area contributed by atoms with Crippen LogP contribution in [-0.4, -0.2) is 60.4 Å². The number of benzene rings is 1. The van der Waals surface area contributed by atoms with E-state index in [0.717, 1.165) is 19.3 Å². The largest absolute Gasteiger partial charge is 0.496 e. The Hall–Kier alpha value is -3.32. The average molecular weight is 556 g/mol. The topological polar surface area (TPSA) is 158 Å². The molecule has 40 heavy (non-hydrogen) atoms. The van der Waals surface area contributed by atoms with Gasteiger partial charge in [0, 0.05) is 30.7 Å². The average Bonchev–Trinajstić information content (AvgIpc) is 3.55. The van der Waals surface area contributed by atoms with E-state index < -0.39 is 22.7 Å². The lowest BCUT2D eigenvalue weighted by Gasteiger charge is -2.34. The van der Waals surface area contributed by atoms with E-state index in [0.29, 0.717) is 32.2 Å². The molecule has 0 aliphatic heterocycles. The number of methoxy groups -OCH3 is 1. The highest BCUT2D eigenvalue weighted by Gasteiger charge is 2.51. The van der Waals surface area contributed by atoms with Gasteiger partial charge in [0.2, 0.25) is 5.91 Å². The van der Waals surface area contributed by atoms with Crippen LogP contribution in [0.2, 0.25) is 0 Å². The van der Waals surface area contributed by atoms with Crippen LogP contribution in [0.25, 0.3) is 0 Å². The molecule has 3 fully saturated rings. The summed E-state index contributed by atoms with van der Waals surface area (Å²) in [6.07, 6.45) is 4.46. The number of rotatable bonds is 10. The first-order valence-electron chi connectivity index (χ1n) is 14.1. The Balaban J connectivity index is 1.51. The lowest BCUT2D eigenvalue weighted by atomic mass is 9.75. The monoisotopic (exact) mass is 555 g/mol. The number of aliphatic carboxylic acids is 1. The number of nitrogens with zero attached hydrogens (tertiary/aromatic N) is 1. The maximum atomic E-state index is 13.6. The molecular weight excluding hydrogens is 514 g/mol. The van der Waals surface area contributed by atoms with E-state index in [2.05, 4.69) is 16.7 Å². The number of carboxylic acids is 1. The van der Waals surface area contributed by atoms with Gasteiger partial charge in [0.25, 0.3) is 5.91 Å². The number of carboxylic acid groups (broad SMARTS) is 1. The van der Waals surface area contributed by atoms with Gasteiger partial charge in [-0.25, -0.2) is 0 Å². The summed E-state index contributed by atoms with van der Waals surface area (Å²) in [6.45, 7) is 5.78. The van der Waals surface area contributed by atoms with Gasteiger partial charge in [-0.2, -0.15) is 5.26 Å². The quantitative estimate of drug-likeness (QED) is 0.343. The molecule has 1 aromatic rings. The predicted octanol–water partition coefficient (Wildman–Crippen LogP) is 3.26. The number of carbonyl (C=O) groups excluding carboxylic acids is 2. The number of hydrogen-bond donors (Lipinski definition) is 4. The summed E-state index contributed by atoms with van der Waals surface area (Å²) in [7, 11) is 1.43. The molecule has 218 valence electrons. The standard InChI is InChI=1S/C30H41N3O7/c1-29(2,16-34)15-32-27(36)24-17-5-6-18(11-17)25(24)33-26(35)21-13-22(19(14-31)12-23(21)39-4)40-20-7-9-30(3,10-8-20)28(37)38/h12-13,17-18,20,24-25,34H,5-11,15-16H2,1-4H3,(H,32,36)(H,33,35)(H,37,38)/t17-,18+,20-,24+,25-,30+/m1/s1. The fourth-order valence-corrected chi connectivity index (χ4v) is 6.44. The van der Waals surface area contributed by atoms with Gasteiger partial charge in [-0.3, -0.25) is 14.4 Å². The Morgan fingerprint density at radius 3 is 2.40 bits per heavy atom. The molecule has 10 nitrogen and oxygen atoms in total. The fourth-order valence-electron chi connectivity index (χ4n) is 6.44. The van der Waals surface area contributed by atoms with Crippen molar-refractivity contribution in [1.82, 2.24) is 10.6 Å². The van der Waals surface area contributed by atoms with E-state index in [1.807, 2.05) is 13.8 Å². The van der Waals surface area contributed by atoms with Gasteiger partial charge in [-0.15, -0.1) is 0 Å². The molecule has 3 aliphatic rings. The van der Waals surface area contributed by atoms with Crippen molar-refractivity contribution >= 4 is 17.8 Å². The van der Waals surface area contributed by atoms with E-state index in [1.165, 1.54) is 19.2 Å². The van der Waals surface area contributed by atoms with E-state index in [1.54, 1.807) is 6.92 Å². The SMILES string of the molecule is COc1cc(C#N)c(O[C@H]2CC[C@@](C)(C(=O)O)CC2)cc1C(=O)N[C@@H]1[C@H]2CC[C@H](C2)[C@@H]1C(=O)NCC(C)(C)CO. The number of hydrogen-bond acceptors (Lipinski definition) is 7. The molecule has 0 radical (unpaired) electrons. The maximum Gasteiger partial charge on any atom is 0.309 e. The van der Waals surface area contributed by atoms with Crippen LogP contribution in [0, 0.1) is 39.9 Å².